The lowest BCUT2D eigenvalue weighted by Gasteiger charge is -2.45. The zero-order chi connectivity index (χ0) is 34.4. The standard InChI is InChI=1S/C48H35N3/c1-33(46(34-18-6-3-7-19-34)50-47(49-2)35-20-8-4-9-21-35)36-30-31-41-39(32-36)38-24-12-13-25-40(38)48(41)42-26-14-16-28-44(42)51(37-22-10-5-11-23-37)45-29-17-15-27-43(45)48/h3-32H,2H2,1H3/b46-33+,50-47?. The van der Waals surface area contributed by atoms with E-state index in [1.807, 2.05) is 36.4 Å². The number of amidine groups is 1. The van der Waals surface area contributed by atoms with Crippen molar-refractivity contribution < 1.29 is 0 Å². The Bertz CT molecular complexity index is 2450. The molecule has 3 heteroatoms. The van der Waals surface area contributed by atoms with E-state index in [2.05, 4.69) is 169 Å². The van der Waals surface area contributed by atoms with Crippen molar-refractivity contribution >= 4 is 40.9 Å². The number of para-hydroxylation sites is 3. The van der Waals surface area contributed by atoms with Crippen molar-refractivity contribution in [1.82, 2.24) is 0 Å². The van der Waals surface area contributed by atoms with Gasteiger partial charge in [0.1, 0.15) is 0 Å². The number of benzene rings is 7. The van der Waals surface area contributed by atoms with E-state index in [1.54, 1.807) is 0 Å². The van der Waals surface area contributed by atoms with E-state index in [4.69, 9.17) is 4.99 Å². The molecule has 1 aliphatic heterocycles. The van der Waals surface area contributed by atoms with Crippen molar-refractivity contribution in [2.45, 2.75) is 12.3 Å². The minimum atomic E-state index is -0.492. The van der Waals surface area contributed by atoms with Crippen molar-refractivity contribution in [2.75, 3.05) is 4.90 Å². The Morgan fingerprint density at radius 2 is 1.00 bits per heavy atom. The fraction of sp³-hybridized carbons (Fsp3) is 0.0417. The zero-order valence-corrected chi connectivity index (χ0v) is 28.4. The smallest absolute Gasteiger partial charge is 0.159 e. The Kier molecular flexibility index (Phi) is 7.40. The number of anilines is 3. The lowest BCUT2D eigenvalue weighted by atomic mass is 9.64. The summed E-state index contributed by atoms with van der Waals surface area (Å²) >= 11 is 0. The average molecular weight is 654 g/mol. The molecule has 0 saturated carbocycles. The summed E-state index contributed by atoms with van der Waals surface area (Å²) in [5.74, 6) is 0.595. The van der Waals surface area contributed by atoms with Gasteiger partial charge in [0.05, 0.1) is 22.5 Å². The molecule has 9 rings (SSSR count). The molecule has 1 aliphatic carbocycles. The Morgan fingerprint density at radius 3 is 1.63 bits per heavy atom. The topological polar surface area (TPSA) is 28.0 Å². The fourth-order valence-corrected chi connectivity index (χ4v) is 8.18. The van der Waals surface area contributed by atoms with Gasteiger partial charge >= 0.3 is 0 Å². The van der Waals surface area contributed by atoms with Crippen LogP contribution in [-0.4, -0.2) is 12.6 Å². The quantitative estimate of drug-likeness (QED) is 0.103. The van der Waals surface area contributed by atoms with Crippen LogP contribution in [0.1, 0.15) is 45.9 Å². The fourth-order valence-electron chi connectivity index (χ4n) is 8.18. The first-order chi connectivity index (χ1) is 25.2. The number of hydrogen-bond donors (Lipinski definition) is 0. The van der Waals surface area contributed by atoms with Gasteiger partial charge in [-0.1, -0.05) is 152 Å². The molecule has 3 nitrogen and oxygen atoms in total. The van der Waals surface area contributed by atoms with Crippen LogP contribution in [0.3, 0.4) is 0 Å². The summed E-state index contributed by atoms with van der Waals surface area (Å²) in [7, 11) is 0. The lowest BCUT2D eigenvalue weighted by molar-refractivity contribution is 0.752. The van der Waals surface area contributed by atoms with Gasteiger partial charge in [0.2, 0.25) is 0 Å². The SMILES string of the molecule is C=NC(=N/C(=C(\C)c1ccc2c(c1)-c1ccccc1C21c2ccccc2N(c2ccccc2)c2ccccc21)c1ccccc1)c1ccccc1. The Labute approximate surface area is 299 Å². The third-order valence-electron chi connectivity index (χ3n) is 10.4. The maximum atomic E-state index is 5.19. The molecular formula is C48H35N3. The lowest BCUT2D eigenvalue weighted by Crippen LogP contribution is -2.36. The molecule has 0 fully saturated rings. The molecule has 242 valence electrons. The molecule has 0 unspecified atom stereocenters. The summed E-state index contributed by atoms with van der Waals surface area (Å²) in [6.45, 7) is 6.06. The third kappa shape index (κ3) is 4.74. The summed E-state index contributed by atoms with van der Waals surface area (Å²) < 4.78 is 0. The van der Waals surface area contributed by atoms with Crippen molar-refractivity contribution in [2.24, 2.45) is 9.98 Å². The minimum absolute atomic E-state index is 0.492. The van der Waals surface area contributed by atoms with Gasteiger partial charge in [0, 0.05) is 16.8 Å². The number of aliphatic imine (C=N–C) groups is 2. The van der Waals surface area contributed by atoms with Gasteiger partial charge in [-0.3, -0.25) is 0 Å². The van der Waals surface area contributed by atoms with Crippen LogP contribution in [0.4, 0.5) is 17.1 Å². The average Bonchev–Trinajstić information content (AvgIpc) is 3.49. The maximum absolute atomic E-state index is 5.19. The van der Waals surface area contributed by atoms with Crippen molar-refractivity contribution in [3.63, 3.8) is 0 Å². The number of rotatable bonds is 5. The van der Waals surface area contributed by atoms with Gasteiger partial charge in [0.15, 0.2) is 5.84 Å². The van der Waals surface area contributed by atoms with E-state index in [0.717, 1.165) is 33.6 Å². The van der Waals surface area contributed by atoms with Gasteiger partial charge in [0.25, 0.3) is 0 Å². The zero-order valence-electron chi connectivity index (χ0n) is 28.4. The molecule has 51 heavy (non-hydrogen) atoms. The van der Waals surface area contributed by atoms with Crippen LogP contribution in [-0.2, 0) is 5.41 Å². The maximum Gasteiger partial charge on any atom is 0.159 e. The Morgan fingerprint density at radius 1 is 0.490 bits per heavy atom. The van der Waals surface area contributed by atoms with Crippen LogP contribution in [0.2, 0.25) is 0 Å². The highest BCUT2D eigenvalue weighted by Crippen LogP contribution is 2.63. The molecule has 1 heterocycles. The highest BCUT2D eigenvalue weighted by molar-refractivity contribution is 6.06. The highest BCUT2D eigenvalue weighted by Gasteiger charge is 2.51. The van der Waals surface area contributed by atoms with Crippen molar-refractivity contribution in [1.29, 1.82) is 0 Å². The van der Waals surface area contributed by atoms with E-state index in [1.165, 1.54) is 44.8 Å². The molecule has 0 N–H and O–H groups in total. The van der Waals surface area contributed by atoms with E-state index >= 15 is 0 Å². The van der Waals surface area contributed by atoms with E-state index < -0.39 is 5.41 Å². The monoisotopic (exact) mass is 653 g/mol. The summed E-state index contributed by atoms with van der Waals surface area (Å²) in [6, 6.07) is 64.9. The summed E-state index contributed by atoms with van der Waals surface area (Å²) in [4.78, 5) is 12.0. The minimum Gasteiger partial charge on any atom is -0.310 e. The molecule has 0 atom stereocenters. The predicted molar refractivity (Wildman–Crippen MR) is 213 cm³/mol. The molecule has 2 aliphatic rings. The van der Waals surface area contributed by atoms with Gasteiger partial charge < -0.3 is 4.90 Å². The molecule has 0 amide bonds. The number of allylic oxidation sites excluding steroid dienone is 1. The largest absolute Gasteiger partial charge is 0.310 e. The molecule has 0 bridgehead atoms. The first kappa shape index (κ1) is 30.5. The summed E-state index contributed by atoms with van der Waals surface area (Å²) in [6.07, 6.45) is 0. The molecule has 0 radical (unpaired) electrons. The van der Waals surface area contributed by atoms with Crippen molar-refractivity contribution in [3.05, 3.63) is 221 Å². The second-order valence-electron chi connectivity index (χ2n) is 13.1. The molecular weight excluding hydrogens is 619 g/mol. The Hall–Kier alpha value is -6.58. The second kappa shape index (κ2) is 12.4. The van der Waals surface area contributed by atoms with Gasteiger partial charge in [-0.05, 0) is 88.5 Å². The van der Waals surface area contributed by atoms with Crippen LogP contribution in [0.5, 0.6) is 0 Å². The Balaban J connectivity index is 1.30. The molecule has 7 aromatic rings. The van der Waals surface area contributed by atoms with Gasteiger partial charge in [-0.15, -0.1) is 0 Å². The van der Waals surface area contributed by atoms with E-state index in [0.29, 0.717) is 5.84 Å². The first-order valence-corrected chi connectivity index (χ1v) is 17.4. The highest BCUT2D eigenvalue weighted by atomic mass is 15.2. The van der Waals surface area contributed by atoms with Crippen LogP contribution >= 0.6 is 0 Å². The normalized spacial score (nSPS) is 14.2. The van der Waals surface area contributed by atoms with Crippen LogP contribution in [0, 0.1) is 0 Å². The van der Waals surface area contributed by atoms with Gasteiger partial charge in [-0.2, -0.15) is 0 Å². The molecule has 0 aromatic heterocycles. The van der Waals surface area contributed by atoms with E-state index in [-0.39, 0.29) is 0 Å². The molecule has 0 saturated heterocycles. The number of hydrogen-bond acceptors (Lipinski definition) is 2. The first-order valence-electron chi connectivity index (χ1n) is 17.4. The third-order valence-corrected chi connectivity index (χ3v) is 10.4. The summed E-state index contributed by atoms with van der Waals surface area (Å²) in [5, 5.41) is 0. The second-order valence-corrected chi connectivity index (χ2v) is 13.1. The molecule has 7 aromatic carbocycles. The van der Waals surface area contributed by atoms with Gasteiger partial charge in [-0.25, -0.2) is 9.98 Å². The van der Waals surface area contributed by atoms with Crippen molar-refractivity contribution in [3.8, 4) is 11.1 Å². The van der Waals surface area contributed by atoms with Crippen LogP contribution in [0.15, 0.2) is 192 Å². The molecule has 1 spiro atoms. The van der Waals surface area contributed by atoms with Crippen LogP contribution in [0.25, 0.3) is 22.4 Å². The number of fused-ring (bicyclic) bond motifs is 9. The number of nitrogens with zero attached hydrogens (tertiary/aromatic N) is 3. The predicted octanol–water partition coefficient (Wildman–Crippen LogP) is 11.9. The van der Waals surface area contributed by atoms with E-state index in [9.17, 15) is 0 Å². The summed E-state index contributed by atoms with van der Waals surface area (Å²) in [5.41, 5.74) is 15.7. The van der Waals surface area contributed by atoms with Crippen LogP contribution < -0.4 is 4.90 Å².